The van der Waals surface area contributed by atoms with Gasteiger partial charge in [0.1, 0.15) is 22.9 Å². The molecule has 3 aromatic rings. The summed E-state index contributed by atoms with van der Waals surface area (Å²) in [6.45, 7) is 2.27. The molecule has 3 N–H and O–H groups in total. The van der Waals surface area contributed by atoms with Gasteiger partial charge >= 0.3 is 6.03 Å². The molecule has 0 aliphatic rings. The van der Waals surface area contributed by atoms with E-state index in [4.69, 9.17) is 9.47 Å². The van der Waals surface area contributed by atoms with E-state index in [-0.39, 0.29) is 17.6 Å². The van der Waals surface area contributed by atoms with E-state index in [0.717, 1.165) is 16.9 Å². The van der Waals surface area contributed by atoms with Crippen LogP contribution < -0.4 is 25.4 Å². The van der Waals surface area contributed by atoms with Gasteiger partial charge in [0.15, 0.2) is 0 Å². The minimum atomic E-state index is -0.302. The molecule has 0 saturated carbocycles. The highest BCUT2D eigenvalue weighted by molar-refractivity contribution is 5.92. The van der Waals surface area contributed by atoms with Crippen molar-refractivity contribution in [3.8, 4) is 17.2 Å². The number of anilines is 1. The predicted octanol–water partition coefficient (Wildman–Crippen LogP) is 3.87. The van der Waals surface area contributed by atoms with Crippen molar-refractivity contribution in [2.24, 2.45) is 0 Å². The fraction of sp³-hybridized carbons (Fsp3) is 0.174. The van der Waals surface area contributed by atoms with Crippen LogP contribution in [0, 0.1) is 6.92 Å². The van der Waals surface area contributed by atoms with Crippen LogP contribution in [0.3, 0.4) is 0 Å². The van der Waals surface area contributed by atoms with Crippen LogP contribution in [0.5, 0.6) is 17.2 Å². The van der Waals surface area contributed by atoms with Crippen molar-refractivity contribution in [2.45, 2.75) is 13.5 Å². The van der Waals surface area contributed by atoms with Gasteiger partial charge in [0, 0.05) is 31.5 Å². The molecule has 0 unspecified atom stereocenters. The number of amides is 3. The standard InChI is InChI=1S/C23H24N4O4/c1-15-12-17(6-9-21(15)30-3)27-23(29)26-14-16-4-7-18(8-5-16)31-19-10-11-25-20(13-19)22(28)24-2/h4-13H,14H2,1-3H3,(H,24,28)(H2,26,27,29). The van der Waals surface area contributed by atoms with Crippen molar-refractivity contribution >= 4 is 17.6 Å². The van der Waals surface area contributed by atoms with Crippen LogP contribution in [0.15, 0.2) is 60.8 Å². The minimum Gasteiger partial charge on any atom is -0.496 e. The number of aryl methyl sites for hydroxylation is 1. The third-order valence-corrected chi connectivity index (χ3v) is 4.46. The molecule has 3 amide bonds. The van der Waals surface area contributed by atoms with Gasteiger partial charge in [-0.05, 0) is 54.4 Å². The largest absolute Gasteiger partial charge is 0.496 e. The van der Waals surface area contributed by atoms with Crippen molar-refractivity contribution < 1.29 is 19.1 Å². The fourth-order valence-electron chi connectivity index (χ4n) is 2.85. The lowest BCUT2D eigenvalue weighted by molar-refractivity contribution is 0.0958. The lowest BCUT2D eigenvalue weighted by Crippen LogP contribution is -2.28. The van der Waals surface area contributed by atoms with Crippen molar-refractivity contribution in [2.75, 3.05) is 19.5 Å². The van der Waals surface area contributed by atoms with Crippen molar-refractivity contribution in [3.63, 3.8) is 0 Å². The Morgan fingerprint density at radius 1 is 1.00 bits per heavy atom. The third kappa shape index (κ3) is 5.96. The second kappa shape index (κ2) is 10.1. The van der Waals surface area contributed by atoms with Crippen LogP contribution in [0.2, 0.25) is 0 Å². The summed E-state index contributed by atoms with van der Waals surface area (Å²) in [5.74, 6) is 1.60. The maximum atomic E-state index is 12.2. The van der Waals surface area contributed by atoms with Gasteiger partial charge in [-0.1, -0.05) is 12.1 Å². The van der Waals surface area contributed by atoms with E-state index < -0.39 is 0 Å². The summed E-state index contributed by atoms with van der Waals surface area (Å²) in [4.78, 5) is 27.8. The summed E-state index contributed by atoms with van der Waals surface area (Å²) in [6.07, 6.45) is 1.51. The van der Waals surface area contributed by atoms with E-state index in [1.807, 2.05) is 31.2 Å². The molecule has 8 nitrogen and oxygen atoms in total. The molecule has 0 radical (unpaired) electrons. The zero-order chi connectivity index (χ0) is 22.2. The number of benzene rings is 2. The van der Waals surface area contributed by atoms with E-state index >= 15 is 0 Å². The second-order valence-corrected chi connectivity index (χ2v) is 6.69. The van der Waals surface area contributed by atoms with Gasteiger partial charge in [0.05, 0.1) is 7.11 Å². The molecule has 0 saturated heterocycles. The number of nitrogens with one attached hydrogen (secondary N) is 3. The topological polar surface area (TPSA) is 102 Å². The molecular formula is C23H24N4O4. The van der Waals surface area contributed by atoms with Crippen LogP contribution in [0.4, 0.5) is 10.5 Å². The van der Waals surface area contributed by atoms with Gasteiger partial charge in [0.25, 0.3) is 5.91 Å². The fourth-order valence-corrected chi connectivity index (χ4v) is 2.85. The first-order valence-corrected chi connectivity index (χ1v) is 9.63. The Morgan fingerprint density at radius 3 is 2.45 bits per heavy atom. The lowest BCUT2D eigenvalue weighted by atomic mass is 10.2. The number of methoxy groups -OCH3 is 1. The number of aromatic nitrogens is 1. The van der Waals surface area contributed by atoms with Crippen molar-refractivity contribution in [1.82, 2.24) is 15.6 Å². The number of pyridine rings is 1. The molecule has 1 aromatic heterocycles. The van der Waals surface area contributed by atoms with E-state index in [9.17, 15) is 9.59 Å². The zero-order valence-electron chi connectivity index (χ0n) is 17.6. The van der Waals surface area contributed by atoms with E-state index in [1.165, 1.54) is 6.20 Å². The Hall–Kier alpha value is -4.07. The first kappa shape index (κ1) is 21.6. The molecule has 0 aliphatic carbocycles. The maximum absolute atomic E-state index is 12.2. The average Bonchev–Trinajstić information content (AvgIpc) is 2.78. The Balaban J connectivity index is 1.53. The van der Waals surface area contributed by atoms with Crippen LogP contribution in [-0.4, -0.2) is 31.1 Å². The van der Waals surface area contributed by atoms with Crippen LogP contribution in [-0.2, 0) is 6.54 Å². The lowest BCUT2D eigenvalue weighted by Gasteiger charge is -2.11. The number of nitrogens with zero attached hydrogens (tertiary/aromatic N) is 1. The van der Waals surface area contributed by atoms with E-state index in [1.54, 1.807) is 44.5 Å². The molecule has 0 aliphatic heterocycles. The Bertz CT molecular complexity index is 1070. The number of carbonyl (C=O) groups is 2. The summed E-state index contributed by atoms with van der Waals surface area (Å²) in [6, 6.07) is 15.7. The average molecular weight is 420 g/mol. The number of hydrogen-bond acceptors (Lipinski definition) is 5. The van der Waals surface area contributed by atoms with Crippen LogP contribution >= 0.6 is 0 Å². The van der Waals surface area contributed by atoms with Crippen molar-refractivity contribution in [3.05, 3.63) is 77.6 Å². The molecule has 3 rings (SSSR count). The number of urea groups is 1. The van der Waals surface area contributed by atoms with Crippen molar-refractivity contribution in [1.29, 1.82) is 0 Å². The van der Waals surface area contributed by atoms with E-state index in [2.05, 4.69) is 20.9 Å². The Morgan fingerprint density at radius 2 is 1.77 bits per heavy atom. The molecule has 2 aromatic carbocycles. The Labute approximate surface area is 180 Å². The molecule has 0 fully saturated rings. The normalized spacial score (nSPS) is 10.2. The maximum Gasteiger partial charge on any atom is 0.319 e. The number of rotatable bonds is 7. The monoisotopic (exact) mass is 420 g/mol. The first-order chi connectivity index (χ1) is 15.0. The minimum absolute atomic E-state index is 0.277. The highest BCUT2D eigenvalue weighted by atomic mass is 16.5. The highest BCUT2D eigenvalue weighted by Crippen LogP contribution is 2.23. The number of hydrogen-bond donors (Lipinski definition) is 3. The Kier molecular flexibility index (Phi) is 7.05. The molecular weight excluding hydrogens is 396 g/mol. The summed E-state index contributed by atoms with van der Waals surface area (Å²) in [7, 11) is 3.15. The third-order valence-electron chi connectivity index (χ3n) is 4.46. The smallest absolute Gasteiger partial charge is 0.319 e. The molecule has 1 heterocycles. The van der Waals surface area contributed by atoms with Gasteiger partial charge in [-0.2, -0.15) is 0 Å². The first-order valence-electron chi connectivity index (χ1n) is 9.63. The molecule has 31 heavy (non-hydrogen) atoms. The van der Waals surface area contributed by atoms with Gasteiger partial charge in [-0.3, -0.25) is 9.78 Å². The predicted molar refractivity (Wildman–Crippen MR) is 118 cm³/mol. The van der Waals surface area contributed by atoms with Crippen LogP contribution in [0.1, 0.15) is 21.6 Å². The summed E-state index contributed by atoms with van der Waals surface area (Å²) in [5.41, 5.74) is 2.81. The van der Waals surface area contributed by atoms with Gasteiger partial charge in [0.2, 0.25) is 0 Å². The quantitative estimate of drug-likeness (QED) is 0.539. The second-order valence-electron chi connectivity index (χ2n) is 6.69. The number of ether oxygens (including phenoxy) is 2. The molecule has 160 valence electrons. The van der Waals surface area contributed by atoms with Gasteiger partial charge in [-0.25, -0.2) is 4.79 Å². The molecule has 0 spiro atoms. The van der Waals surface area contributed by atoms with Gasteiger partial charge in [-0.15, -0.1) is 0 Å². The summed E-state index contributed by atoms with van der Waals surface area (Å²) in [5, 5.41) is 8.14. The van der Waals surface area contributed by atoms with E-state index in [0.29, 0.717) is 23.7 Å². The van der Waals surface area contributed by atoms with Gasteiger partial charge < -0.3 is 25.4 Å². The summed E-state index contributed by atoms with van der Waals surface area (Å²) >= 11 is 0. The molecule has 0 bridgehead atoms. The SMILES string of the molecule is CNC(=O)c1cc(Oc2ccc(CNC(=O)Nc3ccc(OC)c(C)c3)cc2)ccn1. The van der Waals surface area contributed by atoms with Crippen LogP contribution in [0.25, 0.3) is 0 Å². The summed E-state index contributed by atoms with van der Waals surface area (Å²) < 4.78 is 11.0. The highest BCUT2D eigenvalue weighted by Gasteiger charge is 2.08. The zero-order valence-corrected chi connectivity index (χ0v) is 17.6. The molecule has 8 heteroatoms. The number of carbonyl (C=O) groups excluding carboxylic acids is 2. The molecule has 0 atom stereocenters.